The molecule has 0 aliphatic carbocycles. The molecule has 0 atom stereocenters. The lowest BCUT2D eigenvalue weighted by Gasteiger charge is -2.14. The Morgan fingerprint density at radius 2 is 1.69 bits per heavy atom. The second-order valence-corrected chi connectivity index (χ2v) is 9.66. The maximum Gasteiger partial charge on any atom is 0.336 e. The maximum absolute atomic E-state index is 13.8. The predicted molar refractivity (Wildman–Crippen MR) is 143 cm³/mol. The normalized spacial score (nSPS) is 11.3. The monoisotopic (exact) mass is 483 g/mol. The zero-order valence-corrected chi connectivity index (χ0v) is 20.6. The number of anilines is 1. The maximum atomic E-state index is 13.8. The number of para-hydroxylation sites is 1. The van der Waals surface area contributed by atoms with Crippen molar-refractivity contribution < 1.29 is 4.79 Å². The molecule has 0 saturated heterocycles. The van der Waals surface area contributed by atoms with Crippen LogP contribution in [0.5, 0.6) is 0 Å². The van der Waals surface area contributed by atoms with Crippen LogP contribution < -0.4 is 16.6 Å². The molecule has 0 spiro atoms. The highest BCUT2D eigenvalue weighted by Gasteiger charge is 2.21. The van der Waals surface area contributed by atoms with Crippen LogP contribution in [0.1, 0.15) is 23.6 Å². The molecule has 0 fully saturated rings. The van der Waals surface area contributed by atoms with Crippen molar-refractivity contribution in [2.75, 3.05) is 5.32 Å². The number of carbonyl (C=O) groups is 1. The van der Waals surface area contributed by atoms with Gasteiger partial charge in [0.05, 0.1) is 11.2 Å². The first-order chi connectivity index (χ1) is 16.9. The molecule has 7 heteroatoms. The molecule has 1 amide bonds. The third-order valence-electron chi connectivity index (χ3n) is 6.38. The lowest BCUT2D eigenvalue weighted by Crippen LogP contribution is -2.40. The van der Waals surface area contributed by atoms with Crippen molar-refractivity contribution in [3.05, 3.63) is 104 Å². The van der Waals surface area contributed by atoms with Gasteiger partial charge < -0.3 is 5.32 Å². The molecule has 0 saturated carbocycles. The summed E-state index contributed by atoms with van der Waals surface area (Å²) < 4.78 is 3.94. The minimum absolute atomic E-state index is 0.209. The number of aryl methyl sites for hydroxylation is 3. The molecule has 3 aromatic carbocycles. The molecule has 176 valence electrons. The molecule has 2 heterocycles. The highest BCUT2D eigenvalue weighted by atomic mass is 32.1. The fourth-order valence-corrected chi connectivity index (χ4v) is 5.51. The molecule has 6 nitrogen and oxygen atoms in total. The lowest BCUT2D eigenvalue weighted by molar-refractivity contribution is -0.116. The van der Waals surface area contributed by atoms with E-state index in [1.54, 1.807) is 6.07 Å². The Kier molecular flexibility index (Phi) is 5.86. The first-order valence-corrected chi connectivity index (χ1v) is 12.3. The average Bonchev–Trinajstić information content (AvgIpc) is 3.24. The summed E-state index contributed by atoms with van der Waals surface area (Å²) in [6.07, 6.45) is 0.771. The van der Waals surface area contributed by atoms with Crippen LogP contribution in [0.3, 0.4) is 0 Å². The van der Waals surface area contributed by atoms with Crippen LogP contribution in [0, 0.1) is 13.8 Å². The predicted octanol–water partition coefficient (Wildman–Crippen LogP) is 5.19. The minimum atomic E-state index is -0.534. The summed E-state index contributed by atoms with van der Waals surface area (Å²) in [5, 5.41) is 3.74. The number of carbonyl (C=O) groups excluding carboxylic acids is 1. The van der Waals surface area contributed by atoms with Crippen LogP contribution in [0.25, 0.3) is 26.0 Å². The number of hydrogen-bond donors (Lipinski definition) is 1. The summed E-state index contributed by atoms with van der Waals surface area (Å²) in [4.78, 5) is 40.6. The largest absolute Gasteiger partial charge is 0.336 e. The van der Waals surface area contributed by atoms with Gasteiger partial charge in [-0.2, -0.15) is 0 Å². The van der Waals surface area contributed by atoms with Crippen molar-refractivity contribution in [1.29, 1.82) is 0 Å². The Hall–Kier alpha value is -3.97. The van der Waals surface area contributed by atoms with Gasteiger partial charge in [0.2, 0.25) is 5.91 Å². The molecule has 5 rings (SSSR count). The molecule has 1 N–H and O–H groups in total. The number of nitrogens with zero attached hydrogens (tertiary/aromatic N) is 2. The number of amides is 1. The zero-order valence-electron chi connectivity index (χ0n) is 19.8. The minimum Gasteiger partial charge on any atom is -0.324 e. The molecule has 0 radical (unpaired) electrons. The van der Waals surface area contributed by atoms with Crippen molar-refractivity contribution in [3.8, 4) is 5.69 Å². The van der Waals surface area contributed by atoms with Crippen molar-refractivity contribution in [1.82, 2.24) is 9.13 Å². The van der Waals surface area contributed by atoms with Gasteiger partial charge in [0.1, 0.15) is 11.2 Å². The van der Waals surface area contributed by atoms with Crippen LogP contribution >= 0.6 is 11.3 Å². The molecule has 0 aliphatic heterocycles. The molecular weight excluding hydrogens is 458 g/mol. The third kappa shape index (κ3) is 3.98. The van der Waals surface area contributed by atoms with E-state index in [1.807, 2.05) is 81.4 Å². The molecule has 0 unspecified atom stereocenters. The van der Waals surface area contributed by atoms with Gasteiger partial charge >= 0.3 is 5.69 Å². The SMILES string of the molecule is CCc1ccccc1NC(=O)Cn1c(=O)n(-c2ccc(C)c(C)c2)c(=O)c2sc3ccccc3c21. The topological polar surface area (TPSA) is 73.1 Å². The van der Waals surface area contributed by atoms with E-state index in [4.69, 9.17) is 0 Å². The Morgan fingerprint density at radius 1 is 0.943 bits per heavy atom. The number of nitrogens with one attached hydrogen (secondary N) is 1. The van der Waals surface area contributed by atoms with E-state index in [-0.39, 0.29) is 18.0 Å². The van der Waals surface area contributed by atoms with Crippen molar-refractivity contribution in [2.24, 2.45) is 0 Å². The zero-order chi connectivity index (χ0) is 24.7. The van der Waals surface area contributed by atoms with Gasteiger partial charge in [-0.15, -0.1) is 11.3 Å². The molecule has 2 aromatic heterocycles. The van der Waals surface area contributed by atoms with E-state index in [0.717, 1.165) is 38.9 Å². The number of thiophene rings is 1. The highest BCUT2D eigenvalue weighted by molar-refractivity contribution is 7.25. The summed E-state index contributed by atoms with van der Waals surface area (Å²) in [7, 11) is 0. The van der Waals surface area contributed by atoms with Crippen LogP contribution in [-0.4, -0.2) is 15.0 Å². The number of fused-ring (bicyclic) bond motifs is 3. The van der Waals surface area contributed by atoms with Crippen molar-refractivity contribution >= 4 is 43.2 Å². The summed E-state index contributed by atoms with van der Waals surface area (Å²) in [6, 6.07) is 20.7. The van der Waals surface area contributed by atoms with E-state index >= 15 is 0 Å². The molecule has 5 aromatic rings. The quantitative estimate of drug-likeness (QED) is 0.374. The van der Waals surface area contributed by atoms with Gasteiger partial charge in [-0.05, 0) is 61.2 Å². The number of aromatic nitrogens is 2. The molecule has 0 bridgehead atoms. The summed E-state index contributed by atoms with van der Waals surface area (Å²) in [5.41, 5.74) is 3.87. The van der Waals surface area contributed by atoms with E-state index in [1.165, 1.54) is 20.5 Å². The smallest absolute Gasteiger partial charge is 0.324 e. The van der Waals surface area contributed by atoms with E-state index in [9.17, 15) is 14.4 Å². The van der Waals surface area contributed by atoms with Crippen LogP contribution in [-0.2, 0) is 17.8 Å². The van der Waals surface area contributed by atoms with E-state index in [0.29, 0.717) is 15.9 Å². The van der Waals surface area contributed by atoms with Crippen LogP contribution in [0.2, 0.25) is 0 Å². The number of benzene rings is 3. The number of rotatable bonds is 5. The number of hydrogen-bond acceptors (Lipinski definition) is 4. The highest BCUT2D eigenvalue weighted by Crippen LogP contribution is 2.31. The average molecular weight is 484 g/mol. The fourth-order valence-electron chi connectivity index (χ4n) is 4.37. The summed E-state index contributed by atoms with van der Waals surface area (Å²) >= 11 is 1.34. The van der Waals surface area contributed by atoms with Gasteiger partial charge in [-0.1, -0.05) is 49.4 Å². The van der Waals surface area contributed by atoms with Crippen molar-refractivity contribution in [2.45, 2.75) is 33.7 Å². The van der Waals surface area contributed by atoms with E-state index in [2.05, 4.69) is 5.32 Å². The third-order valence-corrected chi connectivity index (χ3v) is 7.53. The lowest BCUT2D eigenvalue weighted by atomic mass is 10.1. The summed E-state index contributed by atoms with van der Waals surface area (Å²) in [6.45, 7) is 5.74. The second-order valence-electron chi connectivity index (χ2n) is 8.61. The molecular formula is C28H25N3O3S. The van der Waals surface area contributed by atoms with Crippen LogP contribution in [0.4, 0.5) is 5.69 Å². The molecule has 0 aliphatic rings. The fraction of sp³-hybridized carbons (Fsp3) is 0.179. The standard InChI is InChI=1S/C28H25N3O3S/c1-4-19-9-5-7-11-22(19)29-24(32)16-30-25-21-10-6-8-12-23(21)35-26(25)27(33)31(28(30)34)20-14-13-17(2)18(3)15-20/h5-15H,4,16H2,1-3H3,(H,29,32). The first kappa shape index (κ1) is 22.8. The molecule has 35 heavy (non-hydrogen) atoms. The van der Waals surface area contributed by atoms with Gasteiger partial charge in [-0.3, -0.25) is 14.2 Å². The van der Waals surface area contributed by atoms with Crippen molar-refractivity contribution in [3.63, 3.8) is 0 Å². The van der Waals surface area contributed by atoms with E-state index < -0.39 is 5.69 Å². The Bertz CT molecular complexity index is 1730. The van der Waals surface area contributed by atoms with Gasteiger partial charge in [0, 0.05) is 15.8 Å². The Balaban J connectivity index is 1.72. The van der Waals surface area contributed by atoms with Crippen LogP contribution in [0.15, 0.2) is 76.3 Å². The van der Waals surface area contributed by atoms with Gasteiger partial charge in [-0.25, -0.2) is 9.36 Å². The Labute approximate surface area is 206 Å². The van der Waals surface area contributed by atoms with Gasteiger partial charge in [0.15, 0.2) is 0 Å². The Morgan fingerprint density at radius 3 is 2.46 bits per heavy atom. The summed E-state index contributed by atoms with van der Waals surface area (Å²) in [5.74, 6) is -0.324. The second kappa shape index (κ2) is 9.00. The van der Waals surface area contributed by atoms with Gasteiger partial charge in [0.25, 0.3) is 5.56 Å². The first-order valence-electron chi connectivity index (χ1n) is 11.5.